The van der Waals surface area contributed by atoms with E-state index in [0.717, 1.165) is 18.5 Å². The summed E-state index contributed by atoms with van der Waals surface area (Å²) in [6.45, 7) is 1.99. The van der Waals surface area contributed by atoms with Crippen LogP contribution in [0.4, 0.5) is 0 Å². The van der Waals surface area contributed by atoms with Crippen LogP contribution in [-0.2, 0) is 6.42 Å². The number of hydrogen-bond donors (Lipinski definition) is 1. The topological polar surface area (TPSA) is 73.5 Å². The van der Waals surface area contributed by atoms with Crippen molar-refractivity contribution in [2.24, 2.45) is 0 Å². The molecule has 0 bridgehead atoms. The molecule has 27 heavy (non-hydrogen) atoms. The molecule has 0 radical (unpaired) electrons. The van der Waals surface area contributed by atoms with Gasteiger partial charge in [-0.25, -0.2) is 0 Å². The van der Waals surface area contributed by atoms with Gasteiger partial charge < -0.3 is 14.8 Å². The number of nitrogens with zero attached hydrogens (tertiary/aromatic N) is 2. The number of carbonyl (C=O) groups is 2. The van der Waals surface area contributed by atoms with Crippen molar-refractivity contribution in [3.63, 3.8) is 0 Å². The summed E-state index contributed by atoms with van der Waals surface area (Å²) in [4.78, 5) is 44.8. The zero-order chi connectivity index (χ0) is 19.0. The predicted molar refractivity (Wildman–Crippen MR) is 102 cm³/mol. The quantitative estimate of drug-likeness (QED) is 0.884. The minimum Gasteiger partial charge on any atom is -0.329 e. The number of aromatic nitrogens is 1. The third kappa shape index (κ3) is 3.32. The van der Waals surface area contributed by atoms with Crippen LogP contribution in [0.3, 0.4) is 0 Å². The van der Waals surface area contributed by atoms with Crippen LogP contribution in [0.5, 0.6) is 0 Å². The molecule has 1 fully saturated rings. The molecule has 1 aliphatic carbocycles. The number of carbonyl (C=O) groups excluding carboxylic acids is 2. The van der Waals surface area contributed by atoms with Gasteiger partial charge in [-0.1, -0.05) is 30.3 Å². The molecule has 1 saturated heterocycles. The molecule has 2 aromatic rings. The summed E-state index contributed by atoms with van der Waals surface area (Å²) in [6.07, 6.45) is 1.88. The second-order valence-electron chi connectivity index (χ2n) is 7.37. The average molecular weight is 365 g/mol. The first-order valence-corrected chi connectivity index (χ1v) is 9.38. The van der Waals surface area contributed by atoms with Crippen LogP contribution in [0.15, 0.2) is 41.2 Å². The fraction of sp³-hybridized carbons (Fsp3) is 0.381. The Labute approximate surface area is 157 Å². The van der Waals surface area contributed by atoms with Gasteiger partial charge in [0, 0.05) is 37.3 Å². The van der Waals surface area contributed by atoms with Crippen molar-refractivity contribution in [3.8, 4) is 0 Å². The number of amides is 1. The van der Waals surface area contributed by atoms with Crippen LogP contribution in [0.2, 0.25) is 0 Å². The zero-order valence-electron chi connectivity index (χ0n) is 15.4. The SMILES string of the molecule is CN1CCN(C(=O)c2cc3c([nH]c2=O)CCCC3=O)[C@H](c2ccccc2)C1. The Kier molecular flexibility index (Phi) is 4.66. The van der Waals surface area contributed by atoms with Crippen molar-refractivity contribution in [1.29, 1.82) is 0 Å². The highest BCUT2D eigenvalue weighted by atomic mass is 16.2. The minimum atomic E-state index is -0.404. The normalized spacial score (nSPS) is 20.4. The second kappa shape index (κ2) is 7.12. The number of likely N-dealkylation sites (N-methyl/N-ethyl adjacent to an activating group) is 1. The number of aromatic amines is 1. The Bertz CT molecular complexity index is 935. The van der Waals surface area contributed by atoms with Crippen molar-refractivity contribution in [2.75, 3.05) is 26.7 Å². The van der Waals surface area contributed by atoms with Crippen LogP contribution in [0.1, 0.15) is 50.9 Å². The number of nitrogens with one attached hydrogen (secondary N) is 1. The standard InChI is InChI=1S/C21H23N3O3/c1-23-10-11-24(18(13-23)14-6-3-2-4-7-14)21(27)16-12-15-17(22-20(16)26)8-5-9-19(15)25/h2-4,6-7,12,18H,5,8-11,13H2,1H3,(H,22,26)/t18-/m0/s1. The minimum absolute atomic E-state index is 0.000429. The molecule has 1 atom stereocenters. The maximum atomic E-state index is 13.3. The lowest BCUT2D eigenvalue weighted by Gasteiger charge is -2.40. The summed E-state index contributed by atoms with van der Waals surface area (Å²) in [5.74, 6) is -0.307. The lowest BCUT2D eigenvalue weighted by Crippen LogP contribution is -2.50. The molecule has 4 rings (SSSR count). The van der Waals surface area contributed by atoms with Crippen molar-refractivity contribution in [3.05, 3.63) is 69.1 Å². The lowest BCUT2D eigenvalue weighted by atomic mass is 9.93. The molecule has 1 amide bonds. The maximum Gasteiger partial charge on any atom is 0.261 e. The van der Waals surface area contributed by atoms with Gasteiger partial charge in [0.2, 0.25) is 0 Å². The van der Waals surface area contributed by atoms with E-state index in [2.05, 4.69) is 9.88 Å². The second-order valence-corrected chi connectivity index (χ2v) is 7.37. The Morgan fingerprint density at radius 3 is 2.67 bits per heavy atom. The largest absolute Gasteiger partial charge is 0.329 e. The molecule has 140 valence electrons. The van der Waals surface area contributed by atoms with E-state index >= 15 is 0 Å². The van der Waals surface area contributed by atoms with Gasteiger partial charge in [0.15, 0.2) is 5.78 Å². The third-order valence-electron chi connectivity index (χ3n) is 5.51. The Morgan fingerprint density at radius 1 is 1.11 bits per heavy atom. The third-order valence-corrected chi connectivity index (χ3v) is 5.51. The first-order chi connectivity index (χ1) is 13.0. The number of fused-ring (bicyclic) bond motifs is 1. The molecule has 6 heteroatoms. The van der Waals surface area contributed by atoms with Crippen LogP contribution >= 0.6 is 0 Å². The zero-order valence-corrected chi connectivity index (χ0v) is 15.4. The summed E-state index contributed by atoms with van der Waals surface area (Å²) in [6, 6.07) is 11.3. The summed E-state index contributed by atoms with van der Waals surface area (Å²) in [7, 11) is 2.03. The molecule has 1 N–H and O–H groups in total. The van der Waals surface area contributed by atoms with E-state index in [1.54, 1.807) is 4.90 Å². The highest BCUT2D eigenvalue weighted by Crippen LogP contribution is 2.27. The fourth-order valence-corrected chi connectivity index (χ4v) is 4.01. The van der Waals surface area contributed by atoms with Gasteiger partial charge in [-0.15, -0.1) is 0 Å². The molecule has 1 aromatic carbocycles. The Hall–Kier alpha value is -2.73. The van der Waals surface area contributed by atoms with Gasteiger partial charge in [0.25, 0.3) is 11.5 Å². The van der Waals surface area contributed by atoms with Gasteiger partial charge in [-0.2, -0.15) is 0 Å². The van der Waals surface area contributed by atoms with E-state index in [0.29, 0.717) is 37.2 Å². The van der Waals surface area contributed by atoms with E-state index in [9.17, 15) is 14.4 Å². The van der Waals surface area contributed by atoms with Crippen LogP contribution in [0, 0.1) is 0 Å². The van der Waals surface area contributed by atoms with Crippen LogP contribution in [0.25, 0.3) is 0 Å². The number of piperazine rings is 1. The Morgan fingerprint density at radius 2 is 1.89 bits per heavy atom. The lowest BCUT2D eigenvalue weighted by molar-refractivity contribution is 0.0496. The van der Waals surface area contributed by atoms with Gasteiger partial charge in [-0.05, 0) is 31.5 Å². The predicted octanol–water partition coefficient (Wildman–Crippen LogP) is 2.02. The highest BCUT2D eigenvalue weighted by molar-refractivity contribution is 6.01. The molecule has 1 aromatic heterocycles. The Balaban J connectivity index is 1.72. The van der Waals surface area contributed by atoms with Gasteiger partial charge in [-0.3, -0.25) is 14.4 Å². The smallest absolute Gasteiger partial charge is 0.261 e. The number of Topliss-reactive ketones (excluding diaryl/α,β-unsaturated/α-hetero) is 1. The highest BCUT2D eigenvalue weighted by Gasteiger charge is 2.33. The summed E-state index contributed by atoms with van der Waals surface area (Å²) < 4.78 is 0. The summed E-state index contributed by atoms with van der Waals surface area (Å²) >= 11 is 0. The molecule has 1 aliphatic heterocycles. The van der Waals surface area contributed by atoms with Gasteiger partial charge >= 0.3 is 0 Å². The number of pyridine rings is 1. The number of benzene rings is 1. The van der Waals surface area contributed by atoms with E-state index in [1.807, 2.05) is 37.4 Å². The average Bonchev–Trinajstić information content (AvgIpc) is 2.68. The molecular formula is C21H23N3O3. The number of rotatable bonds is 2. The van der Waals surface area contributed by atoms with E-state index in [4.69, 9.17) is 0 Å². The molecule has 0 unspecified atom stereocenters. The van der Waals surface area contributed by atoms with Crippen LogP contribution < -0.4 is 5.56 Å². The van der Waals surface area contributed by atoms with Crippen molar-refractivity contribution >= 4 is 11.7 Å². The molecule has 6 nitrogen and oxygen atoms in total. The number of hydrogen-bond acceptors (Lipinski definition) is 4. The first kappa shape index (κ1) is 17.7. The van der Waals surface area contributed by atoms with E-state index in [-0.39, 0.29) is 23.3 Å². The fourth-order valence-electron chi connectivity index (χ4n) is 4.01. The first-order valence-electron chi connectivity index (χ1n) is 9.38. The van der Waals surface area contributed by atoms with Gasteiger partial charge in [0.05, 0.1) is 6.04 Å². The number of ketones is 1. The van der Waals surface area contributed by atoms with Gasteiger partial charge in [0.1, 0.15) is 5.56 Å². The monoisotopic (exact) mass is 365 g/mol. The number of H-pyrrole nitrogens is 1. The van der Waals surface area contributed by atoms with E-state index in [1.165, 1.54) is 6.07 Å². The van der Waals surface area contributed by atoms with E-state index < -0.39 is 5.56 Å². The van der Waals surface area contributed by atoms with Crippen molar-refractivity contribution in [2.45, 2.75) is 25.3 Å². The molecule has 0 spiro atoms. The number of aryl methyl sites for hydroxylation is 1. The molecular weight excluding hydrogens is 342 g/mol. The molecule has 2 aliphatic rings. The van der Waals surface area contributed by atoms with Crippen LogP contribution in [-0.4, -0.2) is 53.2 Å². The van der Waals surface area contributed by atoms with Crippen molar-refractivity contribution in [1.82, 2.24) is 14.8 Å². The maximum absolute atomic E-state index is 13.3. The summed E-state index contributed by atoms with van der Waals surface area (Å²) in [5, 5.41) is 0. The molecule has 2 heterocycles. The molecule has 0 saturated carbocycles. The van der Waals surface area contributed by atoms with Crippen molar-refractivity contribution < 1.29 is 9.59 Å². The summed E-state index contributed by atoms with van der Waals surface area (Å²) in [5.41, 5.74) is 1.86.